The zero-order valence-electron chi connectivity index (χ0n) is 15.2. The topological polar surface area (TPSA) is 159 Å². The minimum absolute atomic E-state index is 0.154. The Bertz CT molecular complexity index is 1050. The Kier molecular flexibility index (Phi) is 5.93. The van der Waals surface area contributed by atoms with Gasteiger partial charge in [-0.3, -0.25) is 29.8 Å². The lowest BCUT2D eigenvalue weighted by molar-refractivity contribution is -0.394. The van der Waals surface area contributed by atoms with Crippen LogP contribution >= 0.6 is 11.8 Å². The minimum Gasteiger partial charge on any atom is -0.324 e. The molecule has 1 aliphatic rings. The SMILES string of the molecule is N#Cc1ccc(NC(=O)C2CSCN2C(=O)c2cc([N+](=O)[O-])cc([N+](=O)[O-])c2)cc1. The van der Waals surface area contributed by atoms with Crippen LogP contribution in [0.25, 0.3) is 0 Å². The number of hydrogen-bond donors (Lipinski definition) is 1. The van der Waals surface area contributed by atoms with Gasteiger partial charge in [-0.25, -0.2) is 0 Å². The molecule has 1 aliphatic heterocycles. The standard InChI is InChI=1S/C18H13N5O6S/c19-8-11-1-3-13(4-2-11)20-17(24)16-9-30-10-21(16)18(25)12-5-14(22(26)27)7-15(6-12)23(28)29/h1-7,16H,9-10H2,(H,20,24). The highest BCUT2D eigenvalue weighted by Gasteiger charge is 2.36. The zero-order chi connectivity index (χ0) is 21.8. The molecule has 2 amide bonds. The summed E-state index contributed by atoms with van der Waals surface area (Å²) >= 11 is 1.31. The van der Waals surface area contributed by atoms with E-state index in [1.54, 1.807) is 12.1 Å². The number of nitrogens with one attached hydrogen (secondary N) is 1. The lowest BCUT2D eigenvalue weighted by Gasteiger charge is -2.23. The van der Waals surface area contributed by atoms with Crippen molar-refractivity contribution in [2.75, 3.05) is 16.9 Å². The van der Waals surface area contributed by atoms with Crippen molar-refractivity contribution in [1.29, 1.82) is 5.26 Å². The summed E-state index contributed by atoms with van der Waals surface area (Å²) in [5, 5.41) is 33.6. The Labute approximate surface area is 173 Å². The molecule has 0 radical (unpaired) electrons. The van der Waals surface area contributed by atoms with E-state index in [4.69, 9.17) is 5.26 Å². The van der Waals surface area contributed by atoms with E-state index >= 15 is 0 Å². The maximum absolute atomic E-state index is 12.9. The summed E-state index contributed by atoms with van der Waals surface area (Å²) in [6.45, 7) is 0. The largest absolute Gasteiger partial charge is 0.324 e. The van der Waals surface area contributed by atoms with Gasteiger partial charge in [0.1, 0.15) is 6.04 Å². The molecule has 1 N–H and O–H groups in total. The number of carbonyl (C=O) groups excluding carboxylic acids is 2. The summed E-state index contributed by atoms with van der Waals surface area (Å²) in [6, 6.07) is 9.94. The van der Waals surface area contributed by atoms with E-state index in [9.17, 15) is 29.8 Å². The molecule has 30 heavy (non-hydrogen) atoms. The average Bonchev–Trinajstić information content (AvgIpc) is 3.23. The summed E-state index contributed by atoms with van der Waals surface area (Å²) in [6.07, 6.45) is 0. The Balaban J connectivity index is 1.83. The number of rotatable bonds is 5. The van der Waals surface area contributed by atoms with Crippen molar-refractivity contribution in [3.63, 3.8) is 0 Å². The van der Waals surface area contributed by atoms with Crippen molar-refractivity contribution in [1.82, 2.24) is 4.90 Å². The zero-order valence-corrected chi connectivity index (χ0v) is 16.0. The molecule has 152 valence electrons. The van der Waals surface area contributed by atoms with Crippen LogP contribution in [0.15, 0.2) is 42.5 Å². The normalized spacial score (nSPS) is 15.3. The number of non-ortho nitro benzene ring substituents is 2. The molecule has 0 aromatic heterocycles. The van der Waals surface area contributed by atoms with E-state index in [1.807, 2.05) is 6.07 Å². The first-order valence-corrected chi connectivity index (χ1v) is 9.59. The molecule has 0 aliphatic carbocycles. The van der Waals surface area contributed by atoms with Gasteiger partial charge in [-0.05, 0) is 24.3 Å². The van der Waals surface area contributed by atoms with Crippen molar-refractivity contribution in [2.45, 2.75) is 6.04 Å². The Hall–Kier alpha value is -3.98. The van der Waals surface area contributed by atoms with E-state index in [-0.39, 0.29) is 11.4 Å². The number of nitro benzene ring substituents is 2. The highest BCUT2D eigenvalue weighted by molar-refractivity contribution is 7.99. The van der Waals surface area contributed by atoms with Crippen molar-refractivity contribution < 1.29 is 19.4 Å². The Morgan fingerprint density at radius 2 is 1.70 bits per heavy atom. The predicted molar refractivity (Wildman–Crippen MR) is 107 cm³/mol. The van der Waals surface area contributed by atoms with E-state index in [2.05, 4.69) is 5.32 Å². The van der Waals surface area contributed by atoms with Crippen LogP contribution in [0.3, 0.4) is 0 Å². The third-order valence-electron chi connectivity index (χ3n) is 4.30. The van der Waals surface area contributed by atoms with Crippen molar-refractivity contribution in [3.05, 3.63) is 73.8 Å². The van der Waals surface area contributed by atoms with Gasteiger partial charge in [0.15, 0.2) is 0 Å². The number of hydrogen-bond acceptors (Lipinski definition) is 8. The number of amides is 2. The first-order chi connectivity index (χ1) is 14.3. The first-order valence-electron chi connectivity index (χ1n) is 8.44. The highest BCUT2D eigenvalue weighted by Crippen LogP contribution is 2.28. The number of carbonyl (C=O) groups is 2. The van der Waals surface area contributed by atoms with Crippen LogP contribution in [0.2, 0.25) is 0 Å². The van der Waals surface area contributed by atoms with Crippen molar-refractivity contribution in [2.24, 2.45) is 0 Å². The van der Waals surface area contributed by atoms with Gasteiger partial charge in [0.05, 0.1) is 39.0 Å². The van der Waals surface area contributed by atoms with Gasteiger partial charge in [-0.15, -0.1) is 11.8 Å². The fourth-order valence-electron chi connectivity index (χ4n) is 2.81. The molecule has 0 spiro atoms. The van der Waals surface area contributed by atoms with Crippen LogP contribution < -0.4 is 5.32 Å². The molecule has 2 aromatic rings. The molecule has 0 bridgehead atoms. The van der Waals surface area contributed by atoms with Crippen molar-refractivity contribution in [3.8, 4) is 6.07 Å². The molecular formula is C18H13N5O6S. The summed E-state index contributed by atoms with van der Waals surface area (Å²) in [4.78, 5) is 47.3. The second-order valence-corrected chi connectivity index (χ2v) is 7.22. The maximum Gasteiger partial charge on any atom is 0.277 e. The van der Waals surface area contributed by atoms with Crippen LogP contribution in [0, 0.1) is 31.6 Å². The third kappa shape index (κ3) is 4.36. The molecule has 1 fully saturated rings. The lowest BCUT2D eigenvalue weighted by Crippen LogP contribution is -2.44. The summed E-state index contributed by atoms with van der Waals surface area (Å²) in [5.41, 5.74) is -0.548. The number of nitriles is 1. The molecule has 11 nitrogen and oxygen atoms in total. The summed E-state index contributed by atoms with van der Waals surface area (Å²) in [7, 11) is 0. The smallest absolute Gasteiger partial charge is 0.277 e. The second-order valence-electron chi connectivity index (χ2n) is 6.22. The molecular weight excluding hydrogens is 414 g/mol. The van der Waals surface area contributed by atoms with Gasteiger partial charge >= 0.3 is 0 Å². The monoisotopic (exact) mass is 427 g/mol. The van der Waals surface area contributed by atoms with Crippen LogP contribution in [-0.4, -0.2) is 44.2 Å². The van der Waals surface area contributed by atoms with Gasteiger partial charge in [0.25, 0.3) is 17.3 Å². The predicted octanol–water partition coefficient (Wildman–Crippen LogP) is 2.53. The fraction of sp³-hybridized carbons (Fsp3) is 0.167. The molecule has 2 aromatic carbocycles. The molecule has 12 heteroatoms. The molecule has 1 atom stereocenters. The summed E-state index contributed by atoms with van der Waals surface area (Å²) in [5.74, 6) is -0.740. The average molecular weight is 427 g/mol. The van der Waals surface area contributed by atoms with Crippen LogP contribution in [0.1, 0.15) is 15.9 Å². The molecule has 1 saturated heterocycles. The Morgan fingerprint density at radius 3 is 2.23 bits per heavy atom. The van der Waals surface area contributed by atoms with E-state index in [1.165, 1.54) is 28.8 Å². The fourth-order valence-corrected chi connectivity index (χ4v) is 3.96. The van der Waals surface area contributed by atoms with Crippen molar-refractivity contribution >= 4 is 40.6 Å². The molecule has 3 rings (SSSR count). The molecule has 1 heterocycles. The molecule has 1 unspecified atom stereocenters. The number of thioether (sulfide) groups is 1. The number of benzene rings is 2. The maximum atomic E-state index is 12.9. The number of nitrogens with zero attached hydrogens (tertiary/aromatic N) is 4. The molecule has 0 saturated carbocycles. The van der Waals surface area contributed by atoms with Crippen LogP contribution in [0.4, 0.5) is 17.1 Å². The highest BCUT2D eigenvalue weighted by atomic mass is 32.2. The second kappa shape index (κ2) is 8.58. The first kappa shape index (κ1) is 20.7. The minimum atomic E-state index is -0.864. The van der Waals surface area contributed by atoms with Crippen LogP contribution in [-0.2, 0) is 4.79 Å². The van der Waals surface area contributed by atoms with E-state index in [0.29, 0.717) is 17.0 Å². The van der Waals surface area contributed by atoms with Gasteiger partial charge in [0.2, 0.25) is 5.91 Å². The number of anilines is 1. The number of nitro groups is 2. The summed E-state index contributed by atoms with van der Waals surface area (Å²) < 4.78 is 0. The lowest BCUT2D eigenvalue weighted by atomic mass is 10.1. The van der Waals surface area contributed by atoms with E-state index in [0.717, 1.165) is 18.2 Å². The van der Waals surface area contributed by atoms with Gasteiger partial charge < -0.3 is 10.2 Å². The van der Waals surface area contributed by atoms with E-state index < -0.39 is 39.1 Å². The van der Waals surface area contributed by atoms with Gasteiger partial charge in [-0.2, -0.15) is 5.26 Å². The van der Waals surface area contributed by atoms with Crippen LogP contribution in [0.5, 0.6) is 0 Å². The quantitative estimate of drug-likeness (QED) is 0.563. The van der Waals surface area contributed by atoms with Gasteiger partial charge in [0, 0.05) is 23.6 Å². The Morgan fingerprint density at radius 1 is 1.10 bits per heavy atom. The third-order valence-corrected chi connectivity index (χ3v) is 5.31. The van der Waals surface area contributed by atoms with Gasteiger partial charge in [-0.1, -0.05) is 0 Å².